The summed E-state index contributed by atoms with van der Waals surface area (Å²) in [6, 6.07) is 1.76. The number of methoxy groups -OCH3 is 1. The first-order valence-corrected chi connectivity index (χ1v) is 5.53. The van der Waals surface area contributed by atoms with Crippen molar-refractivity contribution in [3.05, 3.63) is 22.6 Å². The van der Waals surface area contributed by atoms with Gasteiger partial charge in [0.1, 0.15) is 11.4 Å². The largest absolute Gasteiger partial charge is 0.465 e. The van der Waals surface area contributed by atoms with E-state index in [1.54, 1.807) is 26.4 Å². The maximum atomic E-state index is 10.1. The first-order chi connectivity index (χ1) is 7.08. The molecule has 5 heteroatoms. The van der Waals surface area contributed by atoms with Gasteiger partial charge in [0.2, 0.25) is 0 Å². The van der Waals surface area contributed by atoms with Gasteiger partial charge in [-0.2, -0.15) is 0 Å². The van der Waals surface area contributed by atoms with Crippen LogP contribution >= 0.6 is 15.9 Å². The van der Waals surface area contributed by atoms with Crippen LogP contribution in [0.25, 0.3) is 0 Å². The van der Waals surface area contributed by atoms with E-state index in [1.807, 2.05) is 0 Å². The van der Waals surface area contributed by atoms with E-state index in [-0.39, 0.29) is 0 Å². The molecule has 0 spiro atoms. The summed E-state index contributed by atoms with van der Waals surface area (Å²) in [5.41, 5.74) is -1.02. The standard InChI is InChI=1S/C10H16BrNO3/c1-10(13,7-12-4-6-14-2)9-8(11)3-5-15-9/h3,5,12-13H,4,6-7H2,1-2H3. The lowest BCUT2D eigenvalue weighted by molar-refractivity contribution is 0.0320. The summed E-state index contributed by atoms with van der Waals surface area (Å²) in [6.45, 7) is 3.44. The van der Waals surface area contributed by atoms with Crippen LogP contribution in [0.2, 0.25) is 0 Å². The van der Waals surface area contributed by atoms with Crippen molar-refractivity contribution in [3.8, 4) is 0 Å². The minimum atomic E-state index is -1.02. The second-order valence-corrected chi connectivity index (χ2v) is 4.40. The summed E-state index contributed by atoms with van der Waals surface area (Å²) >= 11 is 3.32. The zero-order valence-corrected chi connectivity index (χ0v) is 10.5. The highest BCUT2D eigenvalue weighted by molar-refractivity contribution is 9.10. The van der Waals surface area contributed by atoms with Crippen LogP contribution in [0.4, 0.5) is 0 Å². The van der Waals surface area contributed by atoms with Gasteiger partial charge in [0.05, 0.1) is 17.3 Å². The normalized spacial score (nSPS) is 15.2. The molecule has 0 saturated carbocycles. The Bertz CT molecular complexity index is 299. The van der Waals surface area contributed by atoms with E-state index in [0.29, 0.717) is 25.5 Å². The molecule has 0 bridgehead atoms. The summed E-state index contributed by atoms with van der Waals surface area (Å²) in [4.78, 5) is 0. The van der Waals surface area contributed by atoms with Crippen LogP contribution < -0.4 is 5.32 Å². The van der Waals surface area contributed by atoms with E-state index in [2.05, 4.69) is 21.2 Å². The van der Waals surface area contributed by atoms with E-state index < -0.39 is 5.60 Å². The Morgan fingerprint density at radius 2 is 2.40 bits per heavy atom. The van der Waals surface area contributed by atoms with Gasteiger partial charge >= 0.3 is 0 Å². The van der Waals surface area contributed by atoms with Crippen molar-refractivity contribution in [1.82, 2.24) is 5.32 Å². The van der Waals surface area contributed by atoms with Crippen LogP contribution in [-0.2, 0) is 10.3 Å². The monoisotopic (exact) mass is 277 g/mol. The summed E-state index contributed by atoms with van der Waals surface area (Å²) in [7, 11) is 1.64. The molecular formula is C10H16BrNO3. The Morgan fingerprint density at radius 1 is 1.67 bits per heavy atom. The molecule has 86 valence electrons. The first-order valence-electron chi connectivity index (χ1n) is 4.73. The molecule has 0 aliphatic heterocycles. The number of ether oxygens (including phenoxy) is 1. The maximum absolute atomic E-state index is 10.1. The molecule has 0 aromatic carbocycles. The molecule has 2 N–H and O–H groups in total. The third-order valence-electron chi connectivity index (χ3n) is 2.06. The summed E-state index contributed by atoms with van der Waals surface area (Å²) < 4.78 is 10.9. The summed E-state index contributed by atoms with van der Waals surface area (Å²) in [6.07, 6.45) is 1.54. The van der Waals surface area contributed by atoms with E-state index in [0.717, 1.165) is 4.47 Å². The van der Waals surface area contributed by atoms with Crippen molar-refractivity contribution in [3.63, 3.8) is 0 Å². The van der Waals surface area contributed by atoms with Gasteiger partial charge in [0.15, 0.2) is 0 Å². The number of hydrogen-bond donors (Lipinski definition) is 2. The molecule has 15 heavy (non-hydrogen) atoms. The molecule has 0 amide bonds. The zero-order valence-electron chi connectivity index (χ0n) is 8.92. The number of furan rings is 1. The van der Waals surface area contributed by atoms with Crippen molar-refractivity contribution in [1.29, 1.82) is 0 Å². The average Bonchev–Trinajstić information content (AvgIpc) is 2.60. The van der Waals surface area contributed by atoms with Crippen molar-refractivity contribution < 1.29 is 14.3 Å². The van der Waals surface area contributed by atoms with Gasteiger partial charge in [0, 0.05) is 20.2 Å². The molecular weight excluding hydrogens is 262 g/mol. The fourth-order valence-corrected chi connectivity index (χ4v) is 1.89. The lowest BCUT2D eigenvalue weighted by atomic mass is 10.0. The molecule has 0 aliphatic rings. The molecule has 1 aromatic heterocycles. The van der Waals surface area contributed by atoms with Crippen molar-refractivity contribution >= 4 is 15.9 Å². The van der Waals surface area contributed by atoms with Crippen molar-refractivity contribution in [2.75, 3.05) is 26.8 Å². The maximum Gasteiger partial charge on any atom is 0.150 e. The quantitative estimate of drug-likeness (QED) is 0.774. The average molecular weight is 278 g/mol. The first kappa shape index (κ1) is 12.7. The fraction of sp³-hybridized carbons (Fsp3) is 0.600. The third-order valence-corrected chi connectivity index (χ3v) is 2.68. The van der Waals surface area contributed by atoms with Crippen molar-refractivity contribution in [2.45, 2.75) is 12.5 Å². The number of aliphatic hydroxyl groups is 1. The van der Waals surface area contributed by atoms with Gasteiger partial charge in [-0.1, -0.05) is 0 Å². The van der Waals surface area contributed by atoms with E-state index >= 15 is 0 Å². The van der Waals surface area contributed by atoms with Crippen LogP contribution in [0.15, 0.2) is 21.2 Å². The highest BCUT2D eigenvalue weighted by Gasteiger charge is 2.28. The van der Waals surface area contributed by atoms with Gasteiger partial charge in [-0.25, -0.2) is 0 Å². The molecule has 0 saturated heterocycles. The van der Waals surface area contributed by atoms with Crippen LogP contribution in [0.3, 0.4) is 0 Å². The third kappa shape index (κ3) is 3.61. The van der Waals surface area contributed by atoms with Gasteiger partial charge in [-0.15, -0.1) is 0 Å². The van der Waals surface area contributed by atoms with Gasteiger partial charge in [0.25, 0.3) is 0 Å². The molecule has 1 aromatic rings. The number of halogens is 1. The number of hydrogen-bond acceptors (Lipinski definition) is 4. The van der Waals surface area contributed by atoms with Crippen molar-refractivity contribution in [2.24, 2.45) is 0 Å². The Hall–Kier alpha value is -0.360. The molecule has 0 aliphatic carbocycles. The highest BCUT2D eigenvalue weighted by atomic mass is 79.9. The molecule has 1 rings (SSSR count). The van der Waals surface area contributed by atoms with E-state index in [9.17, 15) is 5.11 Å². The zero-order chi connectivity index (χ0) is 11.3. The minimum Gasteiger partial charge on any atom is -0.465 e. The molecule has 0 fully saturated rings. The minimum absolute atomic E-state index is 0.419. The molecule has 1 unspecified atom stereocenters. The van der Waals surface area contributed by atoms with Crippen LogP contribution in [0.1, 0.15) is 12.7 Å². The fourth-order valence-electron chi connectivity index (χ4n) is 1.26. The SMILES string of the molecule is COCCNCC(C)(O)c1occc1Br. The predicted molar refractivity (Wildman–Crippen MR) is 60.7 cm³/mol. The number of rotatable bonds is 6. The van der Waals surface area contributed by atoms with E-state index in [4.69, 9.17) is 9.15 Å². The van der Waals surface area contributed by atoms with Gasteiger partial charge < -0.3 is 19.6 Å². The smallest absolute Gasteiger partial charge is 0.150 e. The molecule has 1 atom stereocenters. The number of nitrogens with one attached hydrogen (secondary N) is 1. The Kier molecular flexibility index (Phi) is 4.79. The molecule has 4 nitrogen and oxygen atoms in total. The lowest BCUT2D eigenvalue weighted by Gasteiger charge is -2.21. The Labute approximate surface area is 97.7 Å². The van der Waals surface area contributed by atoms with Crippen LogP contribution in [-0.4, -0.2) is 31.9 Å². The van der Waals surface area contributed by atoms with Crippen LogP contribution in [0, 0.1) is 0 Å². The lowest BCUT2D eigenvalue weighted by Crippen LogP contribution is -2.36. The Balaban J connectivity index is 2.48. The van der Waals surface area contributed by atoms with Crippen LogP contribution in [0.5, 0.6) is 0 Å². The second-order valence-electron chi connectivity index (χ2n) is 3.54. The topological polar surface area (TPSA) is 54.6 Å². The summed E-state index contributed by atoms with van der Waals surface area (Å²) in [5, 5.41) is 13.2. The molecule has 0 radical (unpaired) electrons. The summed E-state index contributed by atoms with van der Waals surface area (Å²) in [5.74, 6) is 0.535. The Morgan fingerprint density at radius 3 is 2.93 bits per heavy atom. The van der Waals surface area contributed by atoms with Gasteiger partial charge in [-0.3, -0.25) is 0 Å². The molecule has 1 heterocycles. The predicted octanol–water partition coefficient (Wildman–Crippen LogP) is 1.49. The second kappa shape index (κ2) is 5.65. The highest BCUT2D eigenvalue weighted by Crippen LogP contribution is 2.28. The van der Waals surface area contributed by atoms with Gasteiger partial charge in [-0.05, 0) is 28.9 Å². The van der Waals surface area contributed by atoms with E-state index in [1.165, 1.54) is 0 Å².